The van der Waals surface area contributed by atoms with Crippen LogP contribution in [0.2, 0.25) is 10.0 Å². The Bertz CT molecular complexity index is 846. The molecule has 0 saturated carbocycles. The lowest BCUT2D eigenvalue weighted by Gasteiger charge is -2.22. The molecule has 1 heterocycles. The van der Waals surface area contributed by atoms with Crippen LogP contribution in [0.25, 0.3) is 0 Å². The number of halogens is 2. The van der Waals surface area contributed by atoms with Crippen LogP contribution in [0, 0.1) is 6.92 Å². The van der Waals surface area contributed by atoms with E-state index in [4.69, 9.17) is 28.3 Å². The van der Waals surface area contributed by atoms with Crippen LogP contribution in [-0.2, 0) is 4.75 Å². The van der Waals surface area contributed by atoms with E-state index >= 15 is 0 Å². The van der Waals surface area contributed by atoms with E-state index in [0.29, 0.717) is 15.6 Å². The van der Waals surface area contributed by atoms with Gasteiger partial charge in [0.2, 0.25) is 0 Å². The third kappa shape index (κ3) is 3.32. The van der Waals surface area contributed by atoms with Crippen molar-refractivity contribution in [1.82, 2.24) is 0 Å². The van der Waals surface area contributed by atoms with Crippen molar-refractivity contribution in [3.8, 4) is 0 Å². The first kappa shape index (κ1) is 17.3. The standard InChI is InChI=1S/C18H15Cl2NO2S/c1-10-5-11(3-4-15(10)17(22)23)16-9-18(2,24-21-16)12-6-13(19)8-14(20)7-12/h3-8H,9H2,1-2H3,(H,22,23). The molecule has 0 fully saturated rings. The van der Waals surface area contributed by atoms with Crippen LogP contribution >= 0.6 is 35.1 Å². The second-order valence-corrected chi connectivity index (χ2v) is 8.17. The molecule has 2 aromatic rings. The molecular formula is C18H15Cl2NO2S. The number of aromatic carboxylic acids is 1. The highest BCUT2D eigenvalue weighted by atomic mass is 35.5. The summed E-state index contributed by atoms with van der Waals surface area (Å²) in [5.41, 5.74) is 3.96. The second kappa shape index (κ2) is 6.43. The van der Waals surface area contributed by atoms with E-state index in [-0.39, 0.29) is 4.75 Å². The lowest BCUT2D eigenvalue weighted by atomic mass is 9.91. The predicted octanol–water partition coefficient (Wildman–Crippen LogP) is 5.76. The molecule has 1 N–H and O–H groups in total. The van der Waals surface area contributed by atoms with Crippen molar-refractivity contribution in [3.63, 3.8) is 0 Å². The number of hydrogen-bond donors (Lipinski definition) is 1. The zero-order valence-electron chi connectivity index (χ0n) is 13.1. The SMILES string of the molecule is Cc1cc(C2=NSC(C)(c3cc(Cl)cc(Cl)c3)C2)ccc1C(=O)O. The van der Waals surface area contributed by atoms with E-state index in [1.165, 1.54) is 11.9 Å². The molecule has 24 heavy (non-hydrogen) atoms. The highest BCUT2D eigenvalue weighted by molar-refractivity contribution is 7.99. The molecule has 1 aliphatic heterocycles. The van der Waals surface area contributed by atoms with E-state index in [2.05, 4.69) is 11.3 Å². The van der Waals surface area contributed by atoms with Crippen molar-refractivity contribution < 1.29 is 9.90 Å². The molecule has 0 bridgehead atoms. The van der Waals surface area contributed by atoms with Crippen LogP contribution in [-0.4, -0.2) is 16.8 Å². The van der Waals surface area contributed by atoms with E-state index in [1.54, 1.807) is 19.1 Å². The van der Waals surface area contributed by atoms with Gasteiger partial charge < -0.3 is 5.11 Å². The molecule has 3 nitrogen and oxygen atoms in total. The van der Waals surface area contributed by atoms with Gasteiger partial charge in [-0.1, -0.05) is 29.3 Å². The molecule has 3 rings (SSSR count). The summed E-state index contributed by atoms with van der Waals surface area (Å²) in [6, 6.07) is 10.9. The summed E-state index contributed by atoms with van der Waals surface area (Å²) < 4.78 is 4.36. The van der Waals surface area contributed by atoms with Gasteiger partial charge in [-0.3, -0.25) is 0 Å². The molecule has 2 aromatic carbocycles. The minimum absolute atomic E-state index is 0.247. The summed E-state index contributed by atoms with van der Waals surface area (Å²) >= 11 is 13.7. The number of aryl methyl sites for hydroxylation is 1. The zero-order chi connectivity index (χ0) is 17.5. The van der Waals surface area contributed by atoms with Crippen LogP contribution in [0.1, 0.15) is 40.4 Å². The van der Waals surface area contributed by atoms with Crippen molar-refractivity contribution in [3.05, 3.63) is 68.7 Å². The Balaban J connectivity index is 1.89. The van der Waals surface area contributed by atoms with E-state index in [1.807, 2.05) is 24.3 Å². The predicted molar refractivity (Wildman–Crippen MR) is 101 cm³/mol. The Morgan fingerprint density at radius 1 is 1.21 bits per heavy atom. The molecule has 124 valence electrons. The fraction of sp³-hybridized carbons (Fsp3) is 0.222. The van der Waals surface area contributed by atoms with E-state index in [0.717, 1.165) is 28.8 Å². The lowest BCUT2D eigenvalue weighted by molar-refractivity contribution is 0.0696. The fourth-order valence-electron chi connectivity index (χ4n) is 2.79. The van der Waals surface area contributed by atoms with Crippen molar-refractivity contribution in [1.29, 1.82) is 0 Å². The molecule has 0 saturated heterocycles. The van der Waals surface area contributed by atoms with Gasteiger partial charge in [0.15, 0.2) is 0 Å². The fourth-order valence-corrected chi connectivity index (χ4v) is 4.22. The normalized spacial score (nSPS) is 20.1. The summed E-state index contributed by atoms with van der Waals surface area (Å²) in [6.07, 6.45) is 0.722. The molecule has 1 aliphatic rings. The number of carboxylic acids is 1. The Kier molecular flexibility index (Phi) is 4.65. The smallest absolute Gasteiger partial charge is 0.335 e. The van der Waals surface area contributed by atoms with Crippen molar-refractivity contribution in [2.24, 2.45) is 4.40 Å². The van der Waals surface area contributed by atoms with Gasteiger partial charge in [0.25, 0.3) is 0 Å². The second-order valence-electron chi connectivity index (χ2n) is 6.03. The third-order valence-corrected chi connectivity index (χ3v) is 5.66. The van der Waals surface area contributed by atoms with Crippen molar-refractivity contribution in [2.75, 3.05) is 0 Å². The number of nitrogens with zero attached hydrogens (tertiary/aromatic N) is 1. The van der Waals surface area contributed by atoms with Gasteiger partial charge in [0.1, 0.15) is 0 Å². The number of benzene rings is 2. The molecule has 0 aliphatic carbocycles. The average molecular weight is 380 g/mol. The van der Waals surface area contributed by atoms with Crippen LogP contribution in [0.5, 0.6) is 0 Å². The maximum Gasteiger partial charge on any atom is 0.335 e. The van der Waals surface area contributed by atoms with Gasteiger partial charge in [0.05, 0.1) is 16.0 Å². The first-order valence-electron chi connectivity index (χ1n) is 7.34. The van der Waals surface area contributed by atoms with Crippen LogP contribution in [0.15, 0.2) is 40.8 Å². The van der Waals surface area contributed by atoms with Crippen molar-refractivity contribution >= 4 is 46.8 Å². The number of rotatable bonds is 3. The molecule has 0 spiro atoms. The molecular weight excluding hydrogens is 365 g/mol. The number of hydrogen-bond acceptors (Lipinski definition) is 3. The van der Waals surface area contributed by atoms with Crippen LogP contribution in [0.4, 0.5) is 0 Å². The zero-order valence-corrected chi connectivity index (χ0v) is 15.5. The Morgan fingerprint density at radius 3 is 2.46 bits per heavy atom. The summed E-state index contributed by atoms with van der Waals surface area (Å²) in [5.74, 6) is -0.916. The first-order chi connectivity index (χ1) is 11.3. The Hall–Kier alpha value is -1.49. The summed E-state index contributed by atoms with van der Waals surface area (Å²) in [4.78, 5) is 11.1. The van der Waals surface area contributed by atoms with Crippen LogP contribution < -0.4 is 0 Å². The maximum atomic E-state index is 11.1. The van der Waals surface area contributed by atoms with Gasteiger partial charge in [-0.25, -0.2) is 9.19 Å². The molecule has 6 heteroatoms. The van der Waals surface area contributed by atoms with Gasteiger partial charge in [-0.05, 0) is 72.8 Å². The average Bonchev–Trinajstić information content (AvgIpc) is 2.90. The molecule has 1 unspecified atom stereocenters. The minimum atomic E-state index is -0.916. The number of carbonyl (C=O) groups is 1. The topological polar surface area (TPSA) is 49.7 Å². The molecule has 0 amide bonds. The third-order valence-electron chi connectivity index (χ3n) is 4.13. The summed E-state index contributed by atoms with van der Waals surface area (Å²) in [6.45, 7) is 3.90. The quantitative estimate of drug-likeness (QED) is 0.689. The summed E-state index contributed by atoms with van der Waals surface area (Å²) in [7, 11) is 0. The molecule has 0 aromatic heterocycles. The van der Waals surface area contributed by atoms with Gasteiger partial charge >= 0.3 is 5.97 Å². The largest absolute Gasteiger partial charge is 0.478 e. The first-order valence-corrected chi connectivity index (χ1v) is 8.87. The van der Waals surface area contributed by atoms with Gasteiger partial charge in [-0.15, -0.1) is 0 Å². The van der Waals surface area contributed by atoms with Crippen molar-refractivity contribution in [2.45, 2.75) is 25.0 Å². The molecule has 0 radical (unpaired) electrons. The highest BCUT2D eigenvalue weighted by Crippen LogP contribution is 2.47. The monoisotopic (exact) mass is 379 g/mol. The highest BCUT2D eigenvalue weighted by Gasteiger charge is 2.35. The Labute approximate surface area is 154 Å². The van der Waals surface area contributed by atoms with E-state index < -0.39 is 5.97 Å². The van der Waals surface area contributed by atoms with E-state index in [9.17, 15) is 4.79 Å². The maximum absolute atomic E-state index is 11.1. The van der Waals surface area contributed by atoms with Gasteiger partial charge in [-0.2, -0.15) is 0 Å². The van der Waals surface area contributed by atoms with Crippen LogP contribution in [0.3, 0.4) is 0 Å². The molecule has 1 atom stereocenters. The Morgan fingerprint density at radius 2 is 1.88 bits per heavy atom. The summed E-state index contributed by atoms with van der Waals surface area (Å²) in [5, 5.41) is 10.4. The minimum Gasteiger partial charge on any atom is -0.478 e. The van der Waals surface area contributed by atoms with Gasteiger partial charge in [0, 0.05) is 16.5 Å². The lowest BCUT2D eigenvalue weighted by Crippen LogP contribution is -2.17. The number of carboxylic acid groups (broad SMARTS) is 1.